The smallest absolute Gasteiger partial charge is 0.307 e. The lowest BCUT2D eigenvalue weighted by Gasteiger charge is -2.29. The van der Waals surface area contributed by atoms with Gasteiger partial charge in [-0.2, -0.15) is 0 Å². The zero-order valence-electron chi connectivity index (χ0n) is 16.3. The SMILES string of the molecule is Cc1noc(C)c1S(=O)(=O)NCCC(=O)OCC(=O)N1CCCc2ccccc21. The summed E-state index contributed by atoms with van der Waals surface area (Å²) < 4.78 is 36.8. The molecule has 2 heterocycles. The van der Waals surface area contributed by atoms with E-state index in [-0.39, 0.29) is 41.8 Å². The van der Waals surface area contributed by atoms with E-state index in [2.05, 4.69) is 9.88 Å². The maximum atomic E-state index is 12.4. The number of ether oxygens (including phenoxy) is 1. The number of fused-ring (bicyclic) bond motifs is 1. The molecule has 0 atom stereocenters. The molecule has 0 saturated carbocycles. The number of hydrogen-bond acceptors (Lipinski definition) is 7. The second-order valence-electron chi connectivity index (χ2n) is 6.74. The number of benzene rings is 1. The summed E-state index contributed by atoms with van der Waals surface area (Å²) in [6, 6.07) is 7.64. The maximum Gasteiger partial charge on any atom is 0.307 e. The normalized spacial score (nSPS) is 13.8. The summed E-state index contributed by atoms with van der Waals surface area (Å²) in [7, 11) is -3.85. The standard InChI is InChI=1S/C19H23N3O6S/c1-13-19(14(2)28-21-13)29(25,26)20-10-9-18(24)27-12-17(23)22-11-5-7-15-6-3-4-8-16(15)22/h3-4,6,8,20H,5,7,9-12H2,1-2H3. The third-order valence-electron chi connectivity index (χ3n) is 4.63. The molecule has 1 N–H and O–H groups in total. The molecule has 0 spiro atoms. The van der Waals surface area contributed by atoms with Crippen LogP contribution >= 0.6 is 0 Å². The van der Waals surface area contributed by atoms with Crippen molar-refractivity contribution >= 4 is 27.6 Å². The monoisotopic (exact) mass is 421 g/mol. The number of rotatable bonds is 7. The zero-order valence-corrected chi connectivity index (χ0v) is 17.1. The number of carbonyl (C=O) groups is 2. The first-order chi connectivity index (χ1) is 13.8. The molecule has 2 aromatic rings. The van der Waals surface area contributed by atoms with Gasteiger partial charge in [-0.3, -0.25) is 9.59 Å². The molecule has 156 valence electrons. The molecule has 0 saturated heterocycles. The Morgan fingerprint density at radius 3 is 2.76 bits per heavy atom. The van der Waals surface area contributed by atoms with Gasteiger partial charge in [0, 0.05) is 18.8 Å². The lowest BCUT2D eigenvalue weighted by Crippen LogP contribution is -2.38. The first-order valence-electron chi connectivity index (χ1n) is 9.26. The van der Waals surface area contributed by atoms with Crippen molar-refractivity contribution in [2.24, 2.45) is 0 Å². The number of nitrogens with one attached hydrogen (secondary N) is 1. The number of nitrogens with zero attached hydrogens (tertiary/aromatic N) is 2. The number of anilines is 1. The molecule has 29 heavy (non-hydrogen) atoms. The third kappa shape index (κ3) is 4.83. The number of aromatic nitrogens is 1. The van der Waals surface area contributed by atoms with Gasteiger partial charge < -0.3 is 14.2 Å². The van der Waals surface area contributed by atoms with Crippen molar-refractivity contribution in [2.75, 3.05) is 24.6 Å². The van der Waals surface area contributed by atoms with Gasteiger partial charge in [-0.1, -0.05) is 23.4 Å². The lowest BCUT2D eigenvalue weighted by molar-refractivity contribution is -0.147. The Labute approximate surface area is 169 Å². The first kappa shape index (κ1) is 21.0. The Bertz CT molecular complexity index is 995. The molecule has 0 fully saturated rings. The predicted molar refractivity (Wildman–Crippen MR) is 104 cm³/mol. The molecule has 1 aliphatic heterocycles. The van der Waals surface area contributed by atoms with Crippen LogP contribution in [0.25, 0.3) is 0 Å². The van der Waals surface area contributed by atoms with Crippen LogP contribution in [0.1, 0.15) is 29.9 Å². The number of esters is 1. The first-order valence-corrected chi connectivity index (χ1v) is 10.7. The Morgan fingerprint density at radius 1 is 1.28 bits per heavy atom. The Kier molecular flexibility index (Phi) is 6.33. The molecule has 0 bridgehead atoms. The van der Waals surface area contributed by atoms with E-state index in [4.69, 9.17) is 9.26 Å². The van der Waals surface area contributed by atoms with Crippen LogP contribution in [-0.4, -0.2) is 45.1 Å². The van der Waals surface area contributed by atoms with E-state index >= 15 is 0 Å². The van der Waals surface area contributed by atoms with Gasteiger partial charge in [0.1, 0.15) is 10.6 Å². The van der Waals surface area contributed by atoms with Gasteiger partial charge in [0.25, 0.3) is 5.91 Å². The highest BCUT2D eigenvalue weighted by Gasteiger charge is 2.25. The largest absolute Gasteiger partial charge is 0.456 e. The summed E-state index contributed by atoms with van der Waals surface area (Å²) in [5, 5.41) is 3.61. The molecule has 0 unspecified atom stereocenters. The van der Waals surface area contributed by atoms with Crippen LogP contribution in [0.5, 0.6) is 0 Å². The van der Waals surface area contributed by atoms with E-state index in [1.54, 1.807) is 4.90 Å². The highest BCUT2D eigenvalue weighted by Crippen LogP contribution is 2.26. The minimum atomic E-state index is -3.85. The summed E-state index contributed by atoms with van der Waals surface area (Å²) in [5.74, 6) is -0.795. The fourth-order valence-corrected chi connectivity index (χ4v) is 4.66. The van der Waals surface area contributed by atoms with Crippen molar-refractivity contribution in [3.63, 3.8) is 0 Å². The Morgan fingerprint density at radius 2 is 2.03 bits per heavy atom. The summed E-state index contributed by atoms with van der Waals surface area (Å²) >= 11 is 0. The molecule has 0 radical (unpaired) electrons. The molecule has 1 aromatic heterocycles. The number of para-hydroxylation sites is 1. The van der Waals surface area contributed by atoms with Crippen molar-refractivity contribution in [3.8, 4) is 0 Å². The fourth-order valence-electron chi connectivity index (χ4n) is 3.30. The van der Waals surface area contributed by atoms with Gasteiger partial charge in [0.15, 0.2) is 12.4 Å². The van der Waals surface area contributed by atoms with E-state index in [0.29, 0.717) is 6.54 Å². The summed E-state index contributed by atoms with van der Waals surface area (Å²) in [5.41, 5.74) is 2.17. The molecular weight excluding hydrogens is 398 g/mol. The van der Waals surface area contributed by atoms with Crippen LogP contribution in [0, 0.1) is 13.8 Å². The average Bonchev–Trinajstić information content (AvgIpc) is 3.04. The van der Waals surface area contributed by atoms with Crippen molar-refractivity contribution in [3.05, 3.63) is 41.3 Å². The second kappa shape index (κ2) is 8.75. The third-order valence-corrected chi connectivity index (χ3v) is 6.33. The van der Waals surface area contributed by atoms with E-state index in [1.807, 2.05) is 24.3 Å². The van der Waals surface area contributed by atoms with E-state index in [1.165, 1.54) is 13.8 Å². The topological polar surface area (TPSA) is 119 Å². The van der Waals surface area contributed by atoms with Crippen LogP contribution in [-0.2, 0) is 30.8 Å². The van der Waals surface area contributed by atoms with Crippen molar-refractivity contribution in [2.45, 2.75) is 38.0 Å². The summed E-state index contributed by atoms with van der Waals surface area (Å²) in [4.78, 5) is 26.0. The van der Waals surface area contributed by atoms with Gasteiger partial charge in [0.2, 0.25) is 10.0 Å². The van der Waals surface area contributed by atoms with Crippen LogP contribution < -0.4 is 9.62 Å². The van der Waals surface area contributed by atoms with E-state index in [0.717, 1.165) is 24.1 Å². The van der Waals surface area contributed by atoms with Gasteiger partial charge in [-0.05, 0) is 38.3 Å². The Balaban J connectivity index is 1.48. The van der Waals surface area contributed by atoms with Crippen molar-refractivity contribution in [1.82, 2.24) is 9.88 Å². The molecule has 0 aliphatic carbocycles. The molecular formula is C19H23N3O6S. The van der Waals surface area contributed by atoms with Gasteiger partial charge >= 0.3 is 5.97 Å². The number of carbonyl (C=O) groups excluding carboxylic acids is 2. The van der Waals surface area contributed by atoms with Crippen LogP contribution in [0.3, 0.4) is 0 Å². The van der Waals surface area contributed by atoms with E-state index in [9.17, 15) is 18.0 Å². The number of sulfonamides is 1. The second-order valence-corrected chi connectivity index (χ2v) is 8.44. The van der Waals surface area contributed by atoms with Crippen LogP contribution in [0.4, 0.5) is 5.69 Å². The van der Waals surface area contributed by atoms with E-state index < -0.39 is 16.0 Å². The van der Waals surface area contributed by atoms with Gasteiger partial charge in [0.05, 0.1) is 6.42 Å². The summed E-state index contributed by atoms with van der Waals surface area (Å²) in [6.07, 6.45) is 1.55. The van der Waals surface area contributed by atoms with Crippen LogP contribution in [0.2, 0.25) is 0 Å². The zero-order chi connectivity index (χ0) is 21.0. The summed E-state index contributed by atoms with van der Waals surface area (Å²) in [6.45, 7) is 3.04. The molecule has 10 heteroatoms. The lowest BCUT2D eigenvalue weighted by atomic mass is 10.0. The van der Waals surface area contributed by atoms with Crippen LogP contribution in [0.15, 0.2) is 33.7 Å². The maximum absolute atomic E-state index is 12.4. The Hall–Kier alpha value is -2.72. The van der Waals surface area contributed by atoms with Gasteiger partial charge in [-0.25, -0.2) is 13.1 Å². The molecule has 9 nitrogen and oxygen atoms in total. The van der Waals surface area contributed by atoms with Gasteiger partial charge in [-0.15, -0.1) is 0 Å². The number of aryl methyl sites for hydroxylation is 3. The molecule has 3 rings (SSSR count). The fraction of sp³-hybridized carbons (Fsp3) is 0.421. The molecule has 1 amide bonds. The predicted octanol–water partition coefficient (Wildman–Crippen LogP) is 1.48. The van der Waals surface area contributed by atoms with Crippen molar-refractivity contribution < 1.29 is 27.3 Å². The number of hydrogen-bond donors (Lipinski definition) is 1. The molecule has 1 aromatic carbocycles. The quantitative estimate of drug-likeness (QED) is 0.673. The average molecular weight is 421 g/mol. The molecule has 1 aliphatic rings. The highest BCUT2D eigenvalue weighted by molar-refractivity contribution is 7.89. The minimum Gasteiger partial charge on any atom is -0.456 e. The highest BCUT2D eigenvalue weighted by atomic mass is 32.2. The van der Waals surface area contributed by atoms with Crippen molar-refractivity contribution in [1.29, 1.82) is 0 Å². The number of amides is 1. The minimum absolute atomic E-state index is 0.0372.